The standard InChI is InChI=1S/C13H18N2O2S/c1-10(16)14-7-8-15-13(17)9-11-5-3-4-6-12(11)18-2/h3-6H,7-9H2,1-2H3,(H,14,16)(H,15,17). The minimum Gasteiger partial charge on any atom is -0.355 e. The summed E-state index contributed by atoms with van der Waals surface area (Å²) < 4.78 is 0. The van der Waals surface area contributed by atoms with Crippen molar-refractivity contribution in [2.24, 2.45) is 0 Å². The molecule has 0 fully saturated rings. The van der Waals surface area contributed by atoms with Crippen molar-refractivity contribution in [3.05, 3.63) is 29.8 Å². The van der Waals surface area contributed by atoms with Crippen LogP contribution < -0.4 is 10.6 Å². The molecule has 18 heavy (non-hydrogen) atoms. The van der Waals surface area contributed by atoms with Gasteiger partial charge in [0.2, 0.25) is 11.8 Å². The lowest BCUT2D eigenvalue weighted by molar-refractivity contribution is -0.121. The summed E-state index contributed by atoms with van der Waals surface area (Å²) in [6.07, 6.45) is 2.37. The fourth-order valence-corrected chi connectivity index (χ4v) is 2.14. The highest BCUT2D eigenvalue weighted by Gasteiger charge is 2.06. The van der Waals surface area contributed by atoms with E-state index in [1.165, 1.54) is 6.92 Å². The first kappa shape index (κ1) is 14.6. The predicted molar refractivity (Wildman–Crippen MR) is 73.6 cm³/mol. The molecule has 1 rings (SSSR count). The van der Waals surface area contributed by atoms with Gasteiger partial charge in [-0.15, -0.1) is 11.8 Å². The molecule has 0 saturated carbocycles. The molecule has 0 radical (unpaired) electrons. The molecule has 4 nitrogen and oxygen atoms in total. The van der Waals surface area contributed by atoms with E-state index in [1.807, 2.05) is 30.5 Å². The molecular formula is C13H18N2O2S. The number of rotatable bonds is 6. The van der Waals surface area contributed by atoms with Crippen molar-refractivity contribution in [3.8, 4) is 0 Å². The summed E-state index contributed by atoms with van der Waals surface area (Å²) in [5.41, 5.74) is 1.03. The highest BCUT2D eigenvalue weighted by Crippen LogP contribution is 2.19. The van der Waals surface area contributed by atoms with E-state index in [0.29, 0.717) is 19.5 Å². The van der Waals surface area contributed by atoms with E-state index in [1.54, 1.807) is 11.8 Å². The van der Waals surface area contributed by atoms with E-state index in [9.17, 15) is 9.59 Å². The fourth-order valence-electron chi connectivity index (χ4n) is 1.52. The van der Waals surface area contributed by atoms with E-state index in [4.69, 9.17) is 0 Å². The zero-order chi connectivity index (χ0) is 13.4. The largest absolute Gasteiger partial charge is 0.355 e. The first-order valence-electron chi connectivity index (χ1n) is 5.76. The molecule has 0 aromatic heterocycles. The minimum atomic E-state index is -0.0861. The van der Waals surface area contributed by atoms with Crippen LogP contribution in [-0.2, 0) is 16.0 Å². The molecule has 0 heterocycles. The quantitative estimate of drug-likeness (QED) is 0.601. The Morgan fingerprint density at radius 2 is 1.83 bits per heavy atom. The van der Waals surface area contributed by atoms with Gasteiger partial charge in [0.25, 0.3) is 0 Å². The van der Waals surface area contributed by atoms with Gasteiger partial charge in [-0.3, -0.25) is 9.59 Å². The molecule has 0 spiro atoms. The first-order chi connectivity index (χ1) is 8.63. The maximum atomic E-state index is 11.7. The van der Waals surface area contributed by atoms with Crippen molar-refractivity contribution in [2.75, 3.05) is 19.3 Å². The van der Waals surface area contributed by atoms with Crippen LogP contribution in [0.25, 0.3) is 0 Å². The second-order valence-corrected chi connectivity index (χ2v) is 4.67. The van der Waals surface area contributed by atoms with Crippen LogP contribution in [0.5, 0.6) is 0 Å². The summed E-state index contributed by atoms with van der Waals surface area (Å²) in [6, 6.07) is 7.85. The zero-order valence-electron chi connectivity index (χ0n) is 10.7. The number of carbonyl (C=O) groups is 2. The number of hydrogen-bond donors (Lipinski definition) is 2. The normalized spacial score (nSPS) is 9.89. The summed E-state index contributed by atoms with van der Waals surface area (Å²) in [5, 5.41) is 5.40. The van der Waals surface area contributed by atoms with Gasteiger partial charge >= 0.3 is 0 Å². The lowest BCUT2D eigenvalue weighted by Crippen LogP contribution is -2.34. The monoisotopic (exact) mass is 266 g/mol. The fraction of sp³-hybridized carbons (Fsp3) is 0.385. The predicted octanol–water partition coefficient (Wildman–Crippen LogP) is 1.20. The van der Waals surface area contributed by atoms with Crippen molar-refractivity contribution in [1.29, 1.82) is 0 Å². The Morgan fingerprint density at radius 1 is 1.17 bits per heavy atom. The van der Waals surface area contributed by atoms with Gasteiger partial charge in [-0.25, -0.2) is 0 Å². The van der Waals surface area contributed by atoms with Gasteiger partial charge in [-0.1, -0.05) is 18.2 Å². The number of carbonyl (C=O) groups excluding carboxylic acids is 2. The first-order valence-corrected chi connectivity index (χ1v) is 6.99. The van der Waals surface area contributed by atoms with E-state index in [2.05, 4.69) is 10.6 Å². The van der Waals surface area contributed by atoms with Crippen LogP contribution in [0, 0.1) is 0 Å². The zero-order valence-corrected chi connectivity index (χ0v) is 11.5. The van der Waals surface area contributed by atoms with Gasteiger partial charge in [0.05, 0.1) is 6.42 Å². The Bertz CT molecular complexity index is 421. The Kier molecular flexibility index (Phi) is 6.28. The Hall–Kier alpha value is -1.49. The van der Waals surface area contributed by atoms with Crippen LogP contribution in [0.2, 0.25) is 0 Å². The second kappa shape index (κ2) is 7.76. The summed E-state index contributed by atoms with van der Waals surface area (Å²) in [6.45, 7) is 2.38. The molecule has 0 aliphatic rings. The number of benzene rings is 1. The van der Waals surface area contributed by atoms with Crippen LogP contribution in [-0.4, -0.2) is 31.2 Å². The van der Waals surface area contributed by atoms with Crippen LogP contribution in [0.3, 0.4) is 0 Å². The van der Waals surface area contributed by atoms with Crippen molar-refractivity contribution in [1.82, 2.24) is 10.6 Å². The molecule has 0 aliphatic carbocycles. The molecule has 0 unspecified atom stereocenters. The molecule has 1 aromatic carbocycles. The Balaban J connectivity index is 2.37. The third kappa shape index (κ3) is 5.23. The summed E-state index contributed by atoms with van der Waals surface area (Å²) in [5.74, 6) is -0.112. The SMILES string of the molecule is CSc1ccccc1CC(=O)NCCNC(C)=O. The van der Waals surface area contributed by atoms with E-state index in [0.717, 1.165) is 10.5 Å². The van der Waals surface area contributed by atoms with Crippen molar-refractivity contribution >= 4 is 23.6 Å². The van der Waals surface area contributed by atoms with Gasteiger partial charge in [0.1, 0.15) is 0 Å². The molecule has 0 aliphatic heterocycles. The van der Waals surface area contributed by atoms with E-state index in [-0.39, 0.29) is 11.8 Å². The smallest absolute Gasteiger partial charge is 0.224 e. The third-order valence-electron chi connectivity index (χ3n) is 2.36. The van der Waals surface area contributed by atoms with Crippen LogP contribution >= 0.6 is 11.8 Å². The second-order valence-electron chi connectivity index (χ2n) is 3.82. The number of hydrogen-bond acceptors (Lipinski definition) is 3. The topological polar surface area (TPSA) is 58.2 Å². The molecule has 1 aromatic rings. The van der Waals surface area contributed by atoms with Gasteiger partial charge in [-0.05, 0) is 17.9 Å². The van der Waals surface area contributed by atoms with Crippen molar-refractivity contribution in [3.63, 3.8) is 0 Å². The third-order valence-corrected chi connectivity index (χ3v) is 3.20. The number of nitrogens with one attached hydrogen (secondary N) is 2. The van der Waals surface area contributed by atoms with Crippen molar-refractivity contribution in [2.45, 2.75) is 18.2 Å². The minimum absolute atomic E-state index is 0.0261. The average Bonchev–Trinajstić information content (AvgIpc) is 2.35. The lowest BCUT2D eigenvalue weighted by atomic mass is 10.1. The molecule has 2 amide bonds. The molecule has 5 heteroatoms. The highest BCUT2D eigenvalue weighted by molar-refractivity contribution is 7.98. The van der Waals surface area contributed by atoms with Crippen LogP contribution in [0.4, 0.5) is 0 Å². The maximum absolute atomic E-state index is 11.7. The summed E-state index contributed by atoms with van der Waals surface area (Å²) in [4.78, 5) is 23.4. The van der Waals surface area contributed by atoms with E-state index < -0.39 is 0 Å². The summed E-state index contributed by atoms with van der Waals surface area (Å²) in [7, 11) is 0. The van der Waals surface area contributed by atoms with Crippen LogP contribution in [0.15, 0.2) is 29.2 Å². The molecule has 0 bridgehead atoms. The van der Waals surface area contributed by atoms with E-state index >= 15 is 0 Å². The number of amides is 2. The van der Waals surface area contributed by atoms with Gasteiger partial charge in [-0.2, -0.15) is 0 Å². The number of thioether (sulfide) groups is 1. The summed E-state index contributed by atoms with van der Waals surface area (Å²) >= 11 is 1.63. The lowest BCUT2D eigenvalue weighted by Gasteiger charge is -2.08. The Labute approximate surface area is 112 Å². The maximum Gasteiger partial charge on any atom is 0.224 e. The molecule has 0 atom stereocenters. The van der Waals surface area contributed by atoms with Gasteiger partial charge < -0.3 is 10.6 Å². The van der Waals surface area contributed by atoms with Crippen molar-refractivity contribution < 1.29 is 9.59 Å². The van der Waals surface area contributed by atoms with Gasteiger partial charge in [0.15, 0.2) is 0 Å². The molecule has 98 valence electrons. The Morgan fingerprint density at radius 3 is 2.50 bits per heavy atom. The van der Waals surface area contributed by atoms with Gasteiger partial charge in [0, 0.05) is 24.9 Å². The van der Waals surface area contributed by atoms with Crippen LogP contribution in [0.1, 0.15) is 12.5 Å². The highest BCUT2D eigenvalue weighted by atomic mass is 32.2. The molecule has 0 saturated heterocycles. The average molecular weight is 266 g/mol. The molecular weight excluding hydrogens is 248 g/mol. The molecule has 2 N–H and O–H groups in total.